The van der Waals surface area contributed by atoms with E-state index in [0.29, 0.717) is 24.4 Å². The van der Waals surface area contributed by atoms with Gasteiger partial charge in [-0.1, -0.05) is 6.07 Å². The summed E-state index contributed by atoms with van der Waals surface area (Å²) in [5, 5.41) is 11.4. The molecule has 1 aliphatic rings. The molecule has 2 rings (SSSR count). The number of anilines is 1. The average molecular weight is 334 g/mol. The molecule has 1 fully saturated rings. The molecule has 0 bridgehead atoms. The van der Waals surface area contributed by atoms with Gasteiger partial charge in [-0.25, -0.2) is 0 Å². The van der Waals surface area contributed by atoms with E-state index in [0.717, 1.165) is 12.8 Å². The summed E-state index contributed by atoms with van der Waals surface area (Å²) in [7, 11) is 1.61. The molecule has 0 aliphatic heterocycles. The number of carboxylic acid groups (broad SMARTS) is 1. The third kappa shape index (κ3) is 5.91. The van der Waals surface area contributed by atoms with Gasteiger partial charge in [-0.2, -0.15) is 0 Å². The lowest BCUT2D eigenvalue weighted by atomic mass is 10.3. The summed E-state index contributed by atoms with van der Waals surface area (Å²) < 4.78 is 5.46. The smallest absolute Gasteiger partial charge is 0.303 e. The molecule has 2 N–H and O–H groups in total. The third-order valence-electron chi connectivity index (χ3n) is 3.72. The number of rotatable bonds is 9. The summed E-state index contributed by atoms with van der Waals surface area (Å²) in [6.07, 6.45) is 2.30. The number of nitrogens with one attached hydrogen (secondary N) is 1. The molecule has 2 amide bonds. The Hall–Kier alpha value is -2.57. The Morgan fingerprint density at radius 3 is 2.75 bits per heavy atom. The molecule has 24 heavy (non-hydrogen) atoms. The van der Waals surface area contributed by atoms with Gasteiger partial charge in [0.2, 0.25) is 5.91 Å². The number of hydrogen-bond acceptors (Lipinski definition) is 4. The van der Waals surface area contributed by atoms with Crippen LogP contribution in [0.15, 0.2) is 24.3 Å². The molecule has 130 valence electrons. The highest BCUT2D eigenvalue weighted by Gasteiger charge is 2.29. The quantitative estimate of drug-likeness (QED) is 0.717. The van der Waals surface area contributed by atoms with Crippen molar-refractivity contribution in [1.82, 2.24) is 4.90 Å². The minimum absolute atomic E-state index is 0.0152. The van der Waals surface area contributed by atoms with E-state index in [1.54, 1.807) is 31.3 Å². The third-order valence-corrected chi connectivity index (χ3v) is 3.72. The van der Waals surface area contributed by atoms with E-state index in [9.17, 15) is 14.4 Å². The number of carbonyl (C=O) groups excluding carboxylic acids is 2. The van der Waals surface area contributed by atoms with Gasteiger partial charge in [-0.05, 0) is 31.4 Å². The van der Waals surface area contributed by atoms with Gasteiger partial charge in [0.25, 0.3) is 5.91 Å². The number of amides is 2. The van der Waals surface area contributed by atoms with Gasteiger partial charge < -0.3 is 20.1 Å². The Kier molecular flexibility index (Phi) is 6.17. The van der Waals surface area contributed by atoms with Crippen LogP contribution in [-0.2, 0) is 14.4 Å². The molecule has 1 aliphatic carbocycles. The number of carbonyl (C=O) groups is 3. The van der Waals surface area contributed by atoms with Crippen LogP contribution in [0.2, 0.25) is 0 Å². The second-order valence-corrected chi connectivity index (χ2v) is 5.89. The Morgan fingerprint density at radius 2 is 2.08 bits per heavy atom. The van der Waals surface area contributed by atoms with Crippen molar-refractivity contribution in [2.75, 3.05) is 25.5 Å². The lowest BCUT2D eigenvalue weighted by Crippen LogP contribution is -2.32. The molecule has 0 spiro atoms. The summed E-state index contributed by atoms with van der Waals surface area (Å²) in [6, 6.07) is 6.91. The number of hydrogen-bond donors (Lipinski definition) is 2. The van der Waals surface area contributed by atoms with Crippen molar-refractivity contribution in [3.63, 3.8) is 0 Å². The second-order valence-electron chi connectivity index (χ2n) is 5.89. The summed E-state index contributed by atoms with van der Waals surface area (Å²) in [4.78, 5) is 35.6. The van der Waals surface area contributed by atoms with Crippen LogP contribution >= 0.6 is 0 Å². The van der Waals surface area contributed by atoms with E-state index in [4.69, 9.17) is 9.84 Å². The molecule has 0 unspecified atom stereocenters. The van der Waals surface area contributed by atoms with Crippen LogP contribution in [0, 0.1) is 5.92 Å². The first kappa shape index (κ1) is 17.8. The van der Waals surface area contributed by atoms with Gasteiger partial charge >= 0.3 is 5.97 Å². The molecule has 1 aromatic rings. The SMILES string of the molecule is CN(CCCC(=O)O)C(=O)COc1cccc(NC(=O)C2CC2)c1. The van der Waals surface area contributed by atoms with Gasteiger partial charge in [-0.3, -0.25) is 14.4 Å². The monoisotopic (exact) mass is 334 g/mol. The predicted octanol–water partition coefficient (Wildman–Crippen LogP) is 1.74. The highest BCUT2D eigenvalue weighted by atomic mass is 16.5. The highest BCUT2D eigenvalue weighted by molar-refractivity contribution is 5.94. The molecule has 0 atom stereocenters. The van der Waals surface area contributed by atoms with Crippen LogP contribution in [0.5, 0.6) is 5.75 Å². The fourth-order valence-corrected chi connectivity index (χ4v) is 2.10. The standard InChI is InChI=1S/C17H22N2O5/c1-19(9-3-6-16(21)22)15(20)11-24-14-5-2-4-13(10-14)18-17(23)12-7-8-12/h2,4-5,10,12H,3,6-9,11H2,1H3,(H,18,23)(H,21,22). The molecule has 1 aromatic carbocycles. The predicted molar refractivity (Wildman–Crippen MR) is 87.8 cm³/mol. The fourth-order valence-electron chi connectivity index (χ4n) is 2.10. The van der Waals surface area contributed by atoms with E-state index in [-0.39, 0.29) is 30.8 Å². The van der Waals surface area contributed by atoms with Crippen molar-refractivity contribution in [2.45, 2.75) is 25.7 Å². The number of benzene rings is 1. The molecular weight excluding hydrogens is 312 g/mol. The number of carboxylic acids is 1. The Morgan fingerprint density at radius 1 is 1.33 bits per heavy atom. The first-order valence-corrected chi connectivity index (χ1v) is 7.95. The number of nitrogens with zero attached hydrogens (tertiary/aromatic N) is 1. The molecule has 0 heterocycles. The lowest BCUT2D eigenvalue weighted by molar-refractivity contribution is -0.138. The van der Waals surface area contributed by atoms with Crippen LogP contribution in [0.25, 0.3) is 0 Å². The molecule has 0 aromatic heterocycles. The maximum absolute atomic E-state index is 11.9. The highest BCUT2D eigenvalue weighted by Crippen LogP contribution is 2.30. The first-order chi connectivity index (χ1) is 11.5. The van der Waals surface area contributed by atoms with Crippen LogP contribution in [0.4, 0.5) is 5.69 Å². The Bertz CT molecular complexity index is 613. The van der Waals surface area contributed by atoms with E-state index in [1.165, 1.54) is 4.90 Å². The van der Waals surface area contributed by atoms with Crippen molar-refractivity contribution in [2.24, 2.45) is 5.92 Å². The van der Waals surface area contributed by atoms with Crippen LogP contribution in [-0.4, -0.2) is 48.0 Å². The minimum atomic E-state index is -0.878. The zero-order valence-electron chi connectivity index (χ0n) is 13.7. The van der Waals surface area contributed by atoms with Gasteiger partial charge in [0.1, 0.15) is 5.75 Å². The van der Waals surface area contributed by atoms with Crippen LogP contribution in [0.1, 0.15) is 25.7 Å². The van der Waals surface area contributed by atoms with Crippen molar-refractivity contribution in [1.29, 1.82) is 0 Å². The van der Waals surface area contributed by atoms with Crippen molar-refractivity contribution in [3.05, 3.63) is 24.3 Å². The van der Waals surface area contributed by atoms with Gasteiger partial charge in [-0.15, -0.1) is 0 Å². The minimum Gasteiger partial charge on any atom is -0.484 e. The normalized spacial score (nSPS) is 13.2. The first-order valence-electron chi connectivity index (χ1n) is 7.95. The average Bonchev–Trinajstić information content (AvgIpc) is 3.37. The summed E-state index contributed by atoms with van der Waals surface area (Å²) >= 11 is 0. The number of likely N-dealkylation sites (N-methyl/N-ethyl adjacent to an activating group) is 1. The largest absolute Gasteiger partial charge is 0.484 e. The topological polar surface area (TPSA) is 95.9 Å². The maximum atomic E-state index is 11.9. The van der Waals surface area contributed by atoms with Gasteiger partial charge in [0.15, 0.2) is 6.61 Å². The van der Waals surface area contributed by atoms with Crippen molar-refractivity contribution in [3.8, 4) is 5.75 Å². The van der Waals surface area contributed by atoms with Gasteiger partial charge in [0, 0.05) is 37.7 Å². The summed E-state index contributed by atoms with van der Waals surface area (Å²) in [6.45, 7) is 0.232. The Labute approximate surface area is 140 Å². The second kappa shape index (κ2) is 8.33. The van der Waals surface area contributed by atoms with E-state index in [2.05, 4.69) is 5.32 Å². The molecule has 0 saturated heterocycles. The molecule has 7 nitrogen and oxygen atoms in total. The lowest BCUT2D eigenvalue weighted by Gasteiger charge is -2.17. The van der Waals surface area contributed by atoms with Crippen LogP contribution < -0.4 is 10.1 Å². The number of ether oxygens (including phenoxy) is 1. The zero-order chi connectivity index (χ0) is 17.5. The Balaban J connectivity index is 1.77. The molecule has 0 radical (unpaired) electrons. The molecular formula is C17H22N2O5. The van der Waals surface area contributed by atoms with Crippen molar-refractivity contribution >= 4 is 23.5 Å². The van der Waals surface area contributed by atoms with Crippen LogP contribution in [0.3, 0.4) is 0 Å². The molecule has 1 saturated carbocycles. The number of aliphatic carboxylic acids is 1. The summed E-state index contributed by atoms with van der Waals surface area (Å²) in [5.74, 6) is -0.474. The zero-order valence-corrected chi connectivity index (χ0v) is 13.7. The van der Waals surface area contributed by atoms with Gasteiger partial charge in [0.05, 0.1) is 0 Å². The maximum Gasteiger partial charge on any atom is 0.303 e. The fraction of sp³-hybridized carbons (Fsp3) is 0.471. The molecule has 7 heteroatoms. The van der Waals surface area contributed by atoms with Crippen molar-refractivity contribution < 1.29 is 24.2 Å². The van der Waals surface area contributed by atoms with E-state index < -0.39 is 5.97 Å². The van der Waals surface area contributed by atoms with E-state index in [1.807, 2.05) is 0 Å². The summed E-state index contributed by atoms with van der Waals surface area (Å²) in [5.41, 5.74) is 0.645. The van der Waals surface area contributed by atoms with E-state index >= 15 is 0 Å².